The number of nitrogens with zero attached hydrogens (tertiary/aromatic N) is 1. The Balaban J connectivity index is 2.30. The zero-order valence-corrected chi connectivity index (χ0v) is 15.0. The third-order valence-corrected chi connectivity index (χ3v) is 4.42. The van der Waals surface area contributed by atoms with Crippen LogP contribution in [-0.4, -0.2) is 24.4 Å². The maximum Gasteiger partial charge on any atom is 0.495 e. The molecule has 1 amide bonds. The highest BCUT2D eigenvalue weighted by atomic mass is 19.2. The molecule has 1 aliphatic rings. The zero-order chi connectivity index (χ0) is 18.3. The number of anilines is 1. The van der Waals surface area contributed by atoms with Crippen LogP contribution in [0.15, 0.2) is 30.5 Å². The van der Waals surface area contributed by atoms with E-state index in [1.807, 2.05) is 34.6 Å². The monoisotopic (exact) mass is 335 g/mol. The van der Waals surface area contributed by atoms with E-state index in [1.165, 1.54) is 19.1 Å². The fourth-order valence-electron chi connectivity index (χ4n) is 2.27. The summed E-state index contributed by atoms with van der Waals surface area (Å²) in [6.07, 6.45) is -1.15. The smallest absolute Gasteiger partial charge is 0.414 e. The molecule has 5 nitrogen and oxygen atoms in total. The largest absolute Gasteiger partial charge is 0.495 e. The third-order valence-electron chi connectivity index (χ3n) is 4.42. The highest BCUT2D eigenvalue weighted by Crippen LogP contribution is 2.37. The Kier molecular flexibility index (Phi) is 4.79. The summed E-state index contributed by atoms with van der Waals surface area (Å²) in [5.74, 6) is 0.112. The van der Waals surface area contributed by atoms with Gasteiger partial charge in [-0.3, -0.25) is 0 Å². The Hall–Kier alpha value is -1.86. The second-order valence-corrected chi connectivity index (χ2v) is 6.98. The van der Waals surface area contributed by atoms with Gasteiger partial charge in [0.05, 0.1) is 22.6 Å². The molecule has 0 saturated carbocycles. The predicted octanol–water partition coefficient (Wildman–Crippen LogP) is 3.66. The van der Waals surface area contributed by atoms with Gasteiger partial charge in [0, 0.05) is 0 Å². The van der Waals surface area contributed by atoms with Gasteiger partial charge in [-0.1, -0.05) is 22.7 Å². The first-order valence-corrected chi connectivity index (χ1v) is 7.74. The quantitative estimate of drug-likeness (QED) is 0.481. The number of hydrogen-bond acceptors (Lipinski definition) is 4. The van der Waals surface area contributed by atoms with E-state index in [9.17, 15) is 9.28 Å². The SMILES string of the molecule is C=C(C)OC(=O)N(F)c1ccc(C)c(B2OC(C)(C)C(C)(C)O2)c1. The molecule has 0 spiro atoms. The molecule has 0 atom stereocenters. The molecular formula is C17H23BFNO4. The number of allylic oxidation sites excluding steroid dienone is 1. The molecule has 1 fully saturated rings. The van der Waals surface area contributed by atoms with Crippen LogP contribution in [0, 0.1) is 6.92 Å². The van der Waals surface area contributed by atoms with Crippen LogP contribution >= 0.6 is 0 Å². The molecule has 0 unspecified atom stereocenters. The van der Waals surface area contributed by atoms with Gasteiger partial charge in [-0.25, -0.2) is 4.79 Å². The van der Waals surface area contributed by atoms with Crippen molar-refractivity contribution in [2.75, 3.05) is 5.12 Å². The first-order valence-electron chi connectivity index (χ1n) is 7.74. The first-order chi connectivity index (χ1) is 10.9. The van der Waals surface area contributed by atoms with Gasteiger partial charge in [0.25, 0.3) is 0 Å². The van der Waals surface area contributed by atoms with Crippen LogP contribution < -0.4 is 10.6 Å². The van der Waals surface area contributed by atoms with Gasteiger partial charge < -0.3 is 14.0 Å². The molecule has 130 valence electrons. The molecule has 1 saturated heterocycles. The van der Waals surface area contributed by atoms with Crippen molar-refractivity contribution in [3.63, 3.8) is 0 Å². The van der Waals surface area contributed by atoms with Gasteiger partial charge in [-0.15, -0.1) is 5.12 Å². The molecule has 0 aromatic heterocycles. The van der Waals surface area contributed by atoms with Crippen molar-refractivity contribution in [2.24, 2.45) is 0 Å². The van der Waals surface area contributed by atoms with E-state index in [0.717, 1.165) is 5.56 Å². The minimum atomic E-state index is -1.15. The van der Waals surface area contributed by atoms with Crippen LogP contribution in [0.3, 0.4) is 0 Å². The molecule has 1 aromatic carbocycles. The average Bonchev–Trinajstić information content (AvgIpc) is 2.66. The molecule has 1 aliphatic heterocycles. The van der Waals surface area contributed by atoms with Crippen molar-refractivity contribution in [3.8, 4) is 0 Å². The van der Waals surface area contributed by atoms with Crippen LogP contribution in [0.2, 0.25) is 0 Å². The molecule has 0 N–H and O–H groups in total. The highest BCUT2D eigenvalue weighted by Gasteiger charge is 2.52. The van der Waals surface area contributed by atoms with E-state index in [-0.39, 0.29) is 16.6 Å². The Morgan fingerprint density at radius 2 is 1.79 bits per heavy atom. The summed E-state index contributed by atoms with van der Waals surface area (Å²) >= 11 is 0. The molecule has 1 heterocycles. The lowest BCUT2D eigenvalue weighted by Crippen LogP contribution is -2.41. The molecule has 0 bridgehead atoms. The van der Waals surface area contributed by atoms with Crippen molar-refractivity contribution in [2.45, 2.75) is 52.7 Å². The summed E-state index contributed by atoms with van der Waals surface area (Å²) in [5.41, 5.74) is 0.565. The number of halogens is 1. The molecule has 24 heavy (non-hydrogen) atoms. The molecule has 1 aromatic rings. The molecule has 7 heteroatoms. The number of aryl methyl sites for hydroxylation is 1. The fourth-order valence-corrected chi connectivity index (χ4v) is 2.27. The zero-order valence-electron chi connectivity index (χ0n) is 15.0. The van der Waals surface area contributed by atoms with Crippen LogP contribution in [0.25, 0.3) is 0 Å². The maximum absolute atomic E-state index is 14.2. The number of hydrogen-bond donors (Lipinski definition) is 0. The summed E-state index contributed by atoms with van der Waals surface area (Å²) < 4.78 is 30.9. The van der Waals surface area contributed by atoms with E-state index < -0.39 is 24.4 Å². The second kappa shape index (κ2) is 6.22. The van der Waals surface area contributed by atoms with Gasteiger partial charge in [0.1, 0.15) is 0 Å². The van der Waals surface area contributed by atoms with Gasteiger partial charge >= 0.3 is 13.2 Å². The van der Waals surface area contributed by atoms with Gasteiger partial charge in [-0.2, -0.15) is 0 Å². The maximum atomic E-state index is 14.2. The Bertz CT molecular complexity index is 659. The van der Waals surface area contributed by atoms with Gasteiger partial charge in [0.15, 0.2) is 0 Å². The summed E-state index contributed by atoms with van der Waals surface area (Å²) in [4.78, 5) is 11.7. The Labute approximate surface area is 142 Å². The van der Waals surface area contributed by atoms with Crippen molar-refractivity contribution < 1.29 is 23.3 Å². The lowest BCUT2D eigenvalue weighted by Gasteiger charge is -2.32. The van der Waals surface area contributed by atoms with Crippen LogP contribution in [0.1, 0.15) is 40.2 Å². The Morgan fingerprint density at radius 1 is 1.25 bits per heavy atom. The summed E-state index contributed by atoms with van der Waals surface area (Å²) in [5, 5.41) is -0.0666. The average molecular weight is 335 g/mol. The first kappa shape index (κ1) is 18.5. The summed E-state index contributed by atoms with van der Waals surface area (Å²) in [7, 11) is -0.638. The molecule has 0 aliphatic carbocycles. The third kappa shape index (κ3) is 3.47. The van der Waals surface area contributed by atoms with E-state index in [0.29, 0.717) is 5.46 Å². The van der Waals surface area contributed by atoms with E-state index >= 15 is 0 Å². The molecule has 2 rings (SSSR count). The van der Waals surface area contributed by atoms with E-state index in [4.69, 9.17) is 9.31 Å². The lowest BCUT2D eigenvalue weighted by molar-refractivity contribution is 0.00578. The number of rotatable bonds is 3. The standard InChI is InChI=1S/C17H23BFNO4/c1-11(2)22-15(21)20(19)13-9-8-12(3)14(10-13)18-23-16(4,5)17(6,7)24-18/h8-10H,1H2,2-7H3. The van der Waals surface area contributed by atoms with Crippen LogP contribution in [0.4, 0.5) is 15.0 Å². The van der Waals surface area contributed by atoms with Crippen LogP contribution in [-0.2, 0) is 14.0 Å². The molecular weight excluding hydrogens is 312 g/mol. The van der Waals surface area contributed by atoms with Crippen LogP contribution in [0.5, 0.6) is 0 Å². The van der Waals surface area contributed by atoms with E-state index in [1.54, 1.807) is 6.07 Å². The second-order valence-electron chi connectivity index (χ2n) is 6.98. The van der Waals surface area contributed by atoms with Crippen molar-refractivity contribution in [1.82, 2.24) is 0 Å². The summed E-state index contributed by atoms with van der Waals surface area (Å²) in [6.45, 7) is 14.5. The minimum Gasteiger partial charge on any atom is -0.414 e. The summed E-state index contributed by atoms with van der Waals surface area (Å²) in [6, 6.07) is 4.72. The fraction of sp³-hybridized carbons (Fsp3) is 0.471. The molecule has 0 radical (unpaired) electrons. The predicted molar refractivity (Wildman–Crippen MR) is 91.8 cm³/mol. The number of carbonyl (C=O) groups is 1. The highest BCUT2D eigenvalue weighted by molar-refractivity contribution is 6.62. The lowest BCUT2D eigenvalue weighted by atomic mass is 9.76. The number of carbonyl (C=O) groups excluding carboxylic acids is 1. The minimum absolute atomic E-state index is 0.0385. The van der Waals surface area contributed by atoms with Crippen molar-refractivity contribution in [3.05, 3.63) is 36.1 Å². The number of amides is 1. The van der Waals surface area contributed by atoms with Crippen molar-refractivity contribution in [1.29, 1.82) is 0 Å². The van der Waals surface area contributed by atoms with Gasteiger partial charge in [-0.05, 0) is 59.1 Å². The van der Waals surface area contributed by atoms with E-state index in [2.05, 4.69) is 11.3 Å². The normalized spacial score (nSPS) is 18.4. The number of benzene rings is 1. The van der Waals surface area contributed by atoms with Gasteiger partial charge in [0.2, 0.25) is 0 Å². The number of ether oxygens (including phenoxy) is 1. The van der Waals surface area contributed by atoms with Crippen molar-refractivity contribution >= 4 is 24.4 Å². The topological polar surface area (TPSA) is 48.0 Å². The Morgan fingerprint density at radius 3 is 2.29 bits per heavy atom.